The van der Waals surface area contributed by atoms with E-state index in [4.69, 9.17) is 4.42 Å². The number of hydrogen-bond acceptors (Lipinski definition) is 2. The Labute approximate surface area is 158 Å². The molecule has 0 amide bonds. The van der Waals surface area contributed by atoms with E-state index in [1.165, 1.54) is 5.56 Å². The summed E-state index contributed by atoms with van der Waals surface area (Å²) in [4.78, 5) is 0. The molecule has 2 heteroatoms. The average molecular weight is 351 g/mol. The lowest BCUT2D eigenvalue weighted by atomic mass is 9.77. The molecule has 1 aliphatic carbocycles. The normalized spacial score (nSPS) is 19.0. The van der Waals surface area contributed by atoms with Crippen LogP contribution >= 0.6 is 0 Å². The second kappa shape index (κ2) is 6.17. The van der Waals surface area contributed by atoms with Gasteiger partial charge in [0, 0.05) is 21.9 Å². The first-order valence-electron chi connectivity index (χ1n) is 9.35. The van der Waals surface area contributed by atoms with Crippen LogP contribution in [0.1, 0.15) is 18.9 Å². The molecule has 1 unspecified atom stereocenters. The lowest BCUT2D eigenvalue weighted by Gasteiger charge is -2.27. The van der Waals surface area contributed by atoms with Crippen LogP contribution in [0.15, 0.2) is 95.5 Å². The molecule has 0 spiro atoms. The van der Waals surface area contributed by atoms with Gasteiger partial charge in [-0.05, 0) is 36.2 Å². The first kappa shape index (κ1) is 16.0. The molecule has 1 aromatic heterocycles. The third-order valence-electron chi connectivity index (χ3n) is 5.46. The summed E-state index contributed by atoms with van der Waals surface area (Å²) in [6.07, 6.45) is 9.79. The van der Waals surface area contributed by atoms with E-state index >= 15 is 0 Å². The molecule has 0 aliphatic heterocycles. The maximum Gasteiger partial charge on any atom is 0.158 e. The third kappa shape index (κ3) is 2.74. The zero-order chi connectivity index (χ0) is 18.3. The van der Waals surface area contributed by atoms with E-state index < -0.39 is 0 Å². The van der Waals surface area contributed by atoms with E-state index in [0.717, 1.165) is 39.7 Å². The van der Waals surface area contributed by atoms with E-state index in [-0.39, 0.29) is 5.41 Å². The van der Waals surface area contributed by atoms with Crippen LogP contribution in [0, 0.1) is 0 Å². The number of anilines is 2. The number of fused-ring (bicyclic) bond motifs is 3. The van der Waals surface area contributed by atoms with Crippen LogP contribution in [-0.2, 0) is 5.41 Å². The lowest BCUT2D eigenvalue weighted by molar-refractivity contribution is 0.600. The zero-order valence-corrected chi connectivity index (χ0v) is 15.3. The van der Waals surface area contributed by atoms with Crippen molar-refractivity contribution >= 4 is 33.3 Å². The van der Waals surface area contributed by atoms with Crippen LogP contribution in [0.2, 0.25) is 0 Å². The van der Waals surface area contributed by atoms with Crippen LogP contribution in [-0.4, -0.2) is 0 Å². The summed E-state index contributed by atoms with van der Waals surface area (Å²) in [5.74, 6) is 0. The molecule has 1 heterocycles. The SMILES string of the molecule is CC1(c2cccc(Nc3cccc4c3oc3ccccc34)c2)C=CC=CC1. The van der Waals surface area contributed by atoms with Gasteiger partial charge in [-0.25, -0.2) is 0 Å². The number of rotatable bonds is 3. The van der Waals surface area contributed by atoms with Gasteiger partial charge in [-0.2, -0.15) is 0 Å². The highest BCUT2D eigenvalue weighted by molar-refractivity contribution is 6.09. The highest BCUT2D eigenvalue weighted by Gasteiger charge is 2.23. The second-order valence-corrected chi connectivity index (χ2v) is 7.40. The quantitative estimate of drug-likeness (QED) is 0.426. The predicted octanol–water partition coefficient (Wildman–Crippen LogP) is 7.10. The van der Waals surface area contributed by atoms with Gasteiger partial charge in [0.25, 0.3) is 0 Å². The Hall–Kier alpha value is -3.26. The second-order valence-electron chi connectivity index (χ2n) is 7.40. The van der Waals surface area contributed by atoms with E-state index in [2.05, 4.69) is 85.1 Å². The third-order valence-corrected chi connectivity index (χ3v) is 5.46. The molecule has 0 saturated heterocycles. The Morgan fingerprint density at radius 3 is 2.63 bits per heavy atom. The maximum atomic E-state index is 6.14. The Bertz CT molecular complexity index is 1200. The molecule has 2 nitrogen and oxygen atoms in total. The molecule has 0 saturated carbocycles. The van der Waals surface area contributed by atoms with Gasteiger partial charge in [-0.1, -0.05) is 73.7 Å². The van der Waals surface area contributed by atoms with Crippen molar-refractivity contribution in [1.29, 1.82) is 0 Å². The van der Waals surface area contributed by atoms with Gasteiger partial charge < -0.3 is 9.73 Å². The number of allylic oxidation sites excluding steroid dienone is 4. The summed E-state index contributed by atoms with van der Waals surface area (Å²) in [5, 5.41) is 5.86. The van der Waals surface area contributed by atoms with E-state index in [0.29, 0.717) is 0 Å². The Balaban J connectivity index is 1.55. The lowest BCUT2D eigenvalue weighted by Crippen LogP contribution is -2.19. The summed E-state index contributed by atoms with van der Waals surface area (Å²) < 4.78 is 6.14. The van der Waals surface area contributed by atoms with Gasteiger partial charge >= 0.3 is 0 Å². The van der Waals surface area contributed by atoms with Crippen molar-refractivity contribution in [3.63, 3.8) is 0 Å². The molecule has 27 heavy (non-hydrogen) atoms. The number of para-hydroxylation sites is 2. The van der Waals surface area contributed by atoms with Crippen molar-refractivity contribution in [2.45, 2.75) is 18.8 Å². The summed E-state index contributed by atoms with van der Waals surface area (Å²) in [6.45, 7) is 2.28. The van der Waals surface area contributed by atoms with Gasteiger partial charge in [0.05, 0.1) is 5.69 Å². The standard InChI is InChI=1S/C25H21NO/c1-25(15-5-2-6-16-25)18-9-7-10-19(17-18)26-22-13-8-12-21-20-11-3-4-14-23(20)27-24(21)22/h2-15,17,26H,16H2,1H3. The van der Waals surface area contributed by atoms with Crippen LogP contribution in [0.25, 0.3) is 21.9 Å². The van der Waals surface area contributed by atoms with Crippen molar-refractivity contribution in [3.8, 4) is 0 Å². The van der Waals surface area contributed by atoms with E-state index in [9.17, 15) is 0 Å². The molecule has 5 rings (SSSR count). The van der Waals surface area contributed by atoms with Crippen molar-refractivity contribution in [1.82, 2.24) is 0 Å². The molecule has 4 aromatic rings. The Morgan fingerprint density at radius 2 is 1.74 bits per heavy atom. The Kier molecular flexibility index (Phi) is 3.64. The van der Waals surface area contributed by atoms with Crippen molar-refractivity contribution in [3.05, 3.63) is 96.6 Å². The smallest absolute Gasteiger partial charge is 0.158 e. The highest BCUT2D eigenvalue weighted by atomic mass is 16.3. The number of furan rings is 1. The Morgan fingerprint density at radius 1 is 0.889 bits per heavy atom. The van der Waals surface area contributed by atoms with Crippen molar-refractivity contribution < 1.29 is 4.42 Å². The fourth-order valence-corrected chi connectivity index (χ4v) is 3.89. The molecule has 1 N–H and O–H groups in total. The van der Waals surface area contributed by atoms with Gasteiger partial charge in [-0.15, -0.1) is 0 Å². The minimum absolute atomic E-state index is 0.0395. The summed E-state index contributed by atoms with van der Waals surface area (Å²) in [7, 11) is 0. The first-order chi connectivity index (χ1) is 13.2. The fraction of sp³-hybridized carbons (Fsp3) is 0.120. The van der Waals surface area contributed by atoms with Gasteiger partial charge in [0.1, 0.15) is 5.58 Å². The summed E-state index contributed by atoms with van der Waals surface area (Å²) >= 11 is 0. The van der Waals surface area contributed by atoms with Crippen LogP contribution < -0.4 is 5.32 Å². The van der Waals surface area contributed by atoms with Gasteiger partial charge in [0.15, 0.2) is 5.58 Å². The van der Waals surface area contributed by atoms with Crippen LogP contribution in [0.3, 0.4) is 0 Å². The number of nitrogens with one attached hydrogen (secondary N) is 1. The van der Waals surface area contributed by atoms with Crippen LogP contribution in [0.5, 0.6) is 0 Å². The average Bonchev–Trinajstić information content (AvgIpc) is 3.09. The predicted molar refractivity (Wildman–Crippen MR) is 114 cm³/mol. The monoisotopic (exact) mass is 351 g/mol. The van der Waals surface area contributed by atoms with Crippen molar-refractivity contribution in [2.75, 3.05) is 5.32 Å². The molecular formula is C25H21NO. The number of hydrogen-bond donors (Lipinski definition) is 1. The molecule has 1 atom stereocenters. The molecule has 3 aromatic carbocycles. The first-order valence-corrected chi connectivity index (χ1v) is 9.35. The van der Waals surface area contributed by atoms with Crippen molar-refractivity contribution in [2.24, 2.45) is 0 Å². The minimum atomic E-state index is 0.0395. The number of benzene rings is 3. The van der Waals surface area contributed by atoms with Crippen LogP contribution in [0.4, 0.5) is 11.4 Å². The highest BCUT2D eigenvalue weighted by Crippen LogP contribution is 2.36. The van der Waals surface area contributed by atoms with E-state index in [1.54, 1.807) is 0 Å². The largest absolute Gasteiger partial charge is 0.454 e. The fourth-order valence-electron chi connectivity index (χ4n) is 3.89. The molecule has 0 radical (unpaired) electrons. The van der Waals surface area contributed by atoms with E-state index in [1.807, 2.05) is 18.2 Å². The zero-order valence-electron chi connectivity index (χ0n) is 15.3. The molecular weight excluding hydrogens is 330 g/mol. The minimum Gasteiger partial charge on any atom is -0.454 e. The molecule has 1 aliphatic rings. The van der Waals surface area contributed by atoms with Gasteiger partial charge in [0.2, 0.25) is 0 Å². The maximum absolute atomic E-state index is 6.14. The summed E-state index contributed by atoms with van der Waals surface area (Å²) in [5.41, 5.74) is 5.23. The van der Waals surface area contributed by atoms with Gasteiger partial charge in [-0.3, -0.25) is 0 Å². The topological polar surface area (TPSA) is 25.2 Å². The molecule has 0 fully saturated rings. The molecule has 0 bridgehead atoms. The molecule has 132 valence electrons. The summed E-state index contributed by atoms with van der Waals surface area (Å²) in [6, 6.07) is 23.1.